The molecule has 1 unspecified atom stereocenters. The number of nitrogens with two attached hydrogens (primary N) is 1. The number of hydrogen-bond donors (Lipinski definition) is 2. The minimum absolute atomic E-state index is 0.0172. The molecule has 0 spiro atoms. The first-order chi connectivity index (χ1) is 12.6. The van der Waals surface area contributed by atoms with Crippen molar-refractivity contribution >= 4 is 11.6 Å². The zero-order valence-corrected chi connectivity index (χ0v) is 14.6. The van der Waals surface area contributed by atoms with Crippen LogP contribution in [0, 0.1) is 6.92 Å². The third-order valence-electron chi connectivity index (χ3n) is 4.77. The zero-order chi connectivity index (χ0) is 18.1. The third-order valence-corrected chi connectivity index (χ3v) is 4.77. The number of oxazole rings is 1. The van der Waals surface area contributed by atoms with Crippen molar-refractivity contribution in [2.45, 2.75) is 38.6 Å². The lowest BCUT2D eigenvalue weighted by atomic mass is 9.87. The Balaban J connectivity index is 1.47. The van der Waals surface area contributed by atoms with Gasteiger partial charge in [-0.3, -0.25) is 4.79 Å². The molecule has 1 amide bonds. The van der Waals surface area contributed by atoms with Crippen molar-refractivity contribution in [1.29, 1.82) is 0 Å². The predicted molar refractivity (Wildman–Crippen MR) is 97.3 cm³/mol. The Bertz CT molecular complexity index is 928. The van der Waals surface area contributed by atoms with Crippen LogP contribution < -0.4 is 11.1 Å². The van der Waals surface area contributed by atoms with Crippen molar-refractivity contribution in [3.05, 3.63) is 59.2 Å². The highest BCUT2D eigenvalue weighted by atomic mass is 16.4. The number of carbonyl (C=O) groups is 1. The molecule has 1 aromatic carbocycles. The summed E-state index contributed by atoms with van der Waals surface area (Å²) in [6.07, 6.45) is 4.71. The Kier molecular flexibility index (Phi) is 4.24. The molecule has 134 valence electrons. The second-order valence-electron chi connectivity index (χ2n) is 6.65. The van der Waals surface area contributed by atoms with Gasteiger partial charge in [-0.05, 0) is 61.6 Å². The minimum atomic E-state index is -0.0675. The lowest BCUT2D eigenvalue weighted by molar-refractivity contribution is -0.121. The summed E-state index contributed by atoms with van der Waals surface area (Å²) in [5, 5.41) is 3.13. The van der Waals surface area contributed by atoms with Crippen LogP contribution in [0.5, 0.6) is 0 Å². The molecule has 0 saturated carbocycles. The highest BCUT2D eigenvalue weighted by Gasteiger charge is 2.23. The lowest BCUT2D eigenvalue weighted by Gasteiger charge is -2.26. The van der Waals surface area contributed by atoms with Crippen molar-refractivity contribution in [2.24, 2.45) is 0 Å². The normalized spacial score (nSPS) is 16.3. The van der Waals surface area contributed by atoms with Crippen LogP contribution in [0.3, 0.4) is 0 Å². The number of nitrogen functional groups attached to an aromatic ring is 1. The average molecular weight is 351 g/mol. The van der Waals surface area contributed by atoms with Crippen molar-refractivity contribution in [2.75, 3.05) is 5.73 Å². The molecule has 0 radical (unpaired) electrons. The van der Waals surface area contributed by atoms with E-state index >= 15 is 0 Å². The van der Waals surface area contributed by atoms with E-state index in [1.165, 1.54) is 5.56 Å². The average Bonchev–Trinajstić information content (AvgIpc) is 3.25. The fraction of sp³-hybridized carbons (Fsp3) is 0.300. The molecule has 1 atom stereocenters. The first-order valence-corrected chi connectivity index (χ1v) is 8.78. The zero-order valence-electron chi connectivity index (χ0n) is 14.6. The van der Waals surface area contributed by atoms with E-state index in [0.717, 1.165) is 30.5 Å². The smallest absolute Gasteiger partial charge is 0.263 e. The SMILES string of the molecule is Cc1oc(-c2ccco2)nc1CC(=O)NC1CCCc2cc(N)ccc21. The van der Waals surface area contributed by atoms with Gasteiger partial charge in [-0.2, -0.15) is 0 Å². The van der Waals surface area contributed by atoms with Gasteiger partial charge in [0.2, 0.25) is 5.91 Å². The van der Waals surface area contributed by atoms with Crippen LogP contribution in [-0.2, 0) is 17.6 Å². The number of hydrogen-bond acceptors (Lipinski definition) is 5. The van der Waals surface area contributed by atoms with Gasteiger partial charge < -0.3 is 19.9 Å². The number of furan rings is 1. The molecule has 4 rings (SSSR count). The van der Waals surface area contributed by atoms with E-state index in [9.17, 15) is 4.79 Å². The Morgan fingerprint density at radius 3 is 3.08 bits per heavy atom. The van der Waals surface area contributed by atoms with Crippen molar-refractivity contribution in [3.8, 4) is 11.7 Å². The van der Waals surface area contributed by atoms with Crippen molar-refractivity contribution < 1.29 is 13.6 Å². The molecule has 1 aliphatic rings. The van der Waals surface area contributed by atoms with Crippen LogP contribution >= 0.6 is 0 Å². The second-order valence-corrected chi connectivity index (χ2v) is 6.65. The number of benzene rings is 1. The monoisotopic (exact) mass is 351 g/mol. The van der Waals surface area contributed by atoms with Gasteiger partial charge in [-0.1, -0.05) is 6.07 Å². The van der Waals surface area contributed by atoms with Crippen LogP contribution in [0.4, 0.5) is 5.69 Å². The standard InChI is InChI=1S/C20H21N3O3/c1-12-17(23-20(26-12)18-6-3-9-25-18)11-19(24)22-16-5-2-4-13-10-14(21)7-8-15(13)16/h3,6-10,16H,2,4-5,11,21H2,1H3,(H,22,24). The third kappa shape index (κ3) is 3.22. The highest BCUT2D eigenvalue weighted by molar-refractivity contribution is 5.79. The molecule has 3 aromatic rings. The Morgan fingerprint density at radius 2 is 2.27 bits per heavy atom. The molecule has 6 heteroatoms. The number of fused-ring (bicyclic) bond motifs is 1. The molecular formula is C20H21N3O3. The number of carbonyl (C=O) groups excluding carboxylic acids is 1. The molecule has 0 aliphatic heterocycles. The van der Waals surface area contributed by atoms with Gasteiger partial charge in [0.05, 0.1) is 24.4 Å². The summed E-state index contributed by atoms with van der Waals surface area (Å²) in [4.78, 5) is 17.0. The topological polar surface area (TPSA) is 94.3 Å². The first-order valence-electron chi connectivity index (χ1n) is 8.78. The van der Waals surface area contributed by atoms with Gasteiger partial charge >= 0.3 is 0 Å². The molecule has 2 heterocycles. The van der Waals surface area contributed by atoms with E-state index < -0.39 is 0 Å². The number of aromatic nitrogens is 1. The van der Waals surface area contributed by atoms with Gasteiger partial charge in [-0.15, -0.1) is 0 Å². The minimum Gasteiger partial charge on any atom is -0.459 e. The van der Waals surface area contributed by atoms with Crippen LogP contribution in [0.1, 0.15) is 41.5 Å². The van der Waals surface area contributed by atoms with Crippen molar-refractivity contribution in [1.82, 2.24) is 10.3 Å². The van der Waals surface area contributed by atoms with Gasteiger partial charge in [0, 0.05) is 5.69 Å². The molecular weight excluding hydrogens is 330 g/mol. The number of aryl methyl sites for hydroxylation is 2. The van der Waals surface area contributed by atoms with E-state index in [0.29, 0.717) is 23.1 Å². The number of amides is 1. The molecule has 0 saturated heterocycles. The summed E-state index contributed by atoms with van der Waals surface area (Å²) in [7, 11) is 0. The molecule has 26 heavy (non-hydrogen) atoms. The van der Waals surface area contributed by atoms with E-state index in [4.69, 9.17) is 14.6 Å². The fourth-order valence-electron chi connectivity index (χ4n) is 3.48. The van der Waals surface area contributed by atoms with Gasteiger partial charge in [0.1, 0.15) is 5.76 Å². The van der Waals surface area contributed by atoms with E-state index in [1.807, 2.05) is 18.2 Å². The van der Waals surface area contributed by atoms with Gasteiger partial charge in [0.25, 0.3) is 5.89 Å². The van der Waals surface area contributed by atoms with E-state index in [1.54, 1.807) is 25.3 Å². The summed E-state index contributed by atoms with van der Waals surface area (Å²) in [6, 6.07) is 9.48. The largest absolute Gasteiger partial charge is 0.459 e. The molecule has 0 fully saturated rings. The Morgan fingerprint density at radius 1 is 1.38 bits per heavy atom. The summed E-state index contributed by atoms with van der Waals surface area (Å²) < 4.78 is 10.9. The maximum Gasteiger partial charge on any atom is 0.263 e. The quantitative estimate of drug-likeness (QED) is 0.701. The van der Waals surface area contributed by atoms with Gasteiger partial charge in [0.15, 0.2) is 5.76 Å². The van der Waals surface area contributed by atoms with Crippen molar-refractivity contribution in [3.63, 3.8) is 0 Å². The fourth-order valence-corrected chi connectivity index (χ4v) is 3.48. The summed E-state index contributed by atoms with van der Waals surface area (Å²) in [5.74, 6) is 1.51. The summed E-state index contributed by atoms with van der Waals surface area (Å²) in [5.41, 5.74) is 9.65. The number of anilines is 1. The van der Waals surface area contributed by atoms with Gasteiger partial charge in [-0.25, -0.2) is 4.98 Å². The summed E-state index contributed by atoms with van der Waals surface area (Å²) in [6.45, 7) is 1.81. The highest BCUT2D eigenvalue weighted by Crippen LogP contribution is 2.31. The number of nitrogens with one attached hydrogen (secondary N) is 1. The van der Waals surface area contributed by atoms with E-state index in [-0.39, 0.29) is 18.4 Å². The van der Waals surface area contributed by atoms with Crippen LogP contribution in [0.15, 0.2) is 45.4 Å². The molecule has 1 aliphatic carbocycles. The molecule has 6 nitrogen and oxygen atoms in total. The maximum atomic E-state index is 12.6. The molecule has 0 bridgehead atoms. The van der Waals surface area contributed by atoms with Crippen LogP contribution in [-0.4, -0.2) is 10.9 Å². The molecule has 3 N–H and O–H groups in total. The molecule has 2 aromatic heterocycles. The maximum absolute atomic E-state index is 12.6. The number of rotatable bonds is 4. The lowest BCUT2D eigenvalue weighted by Crippen LogP contribution is -2.32. The van der Waals surface area contributed by atoms with Crippen LogP contribution in [0.25, 0.3) is 11.7 Å². The first kappa shape index (κ1) is 16.4. The number of nitrogens with zero attached hydrogens (tertiary/aromatic N) is 1. The Labute approximate surface area is 151 Å². The van der Waals surface area contributed by atoms with Crippen LogP contribution in [0.2, 0.25) is 0 Å². The Hall–Kier alpha value is -3.02. The second kappa shape index (κ2) is 6.71. The van der Waals surface area contributed by atoms with E-state index in [2.05, 4.69) is 10.3 Å². The predicted octanol–water partition coefficient (Wildman–Crippen LogP) is 3.56. The summed E-state index contributed by atoms with van der Waals surface area (Å²) >= 11 is 0.